The first-order valence-electron chi connectivity index (χ1n) is 12.2. The number of fused-ring (bicyclic) bond motifs is 2. The number of hydrogen-bond acceptors (Lipinski definition) is 7. The standard InChI is InChI=1S/C25H36O7/c1-13(26)18-8-11-25-23(18,5)21(31-15(3)28)19(30-14(2)27)20-22(4)9-7-17(29)12-16(22)6-10-24(20,25)32-25/h16-21,29H,6-12H2,1-5H3/t16?,17?,18?,19?,20?,21?,22-,23-,24-,25+/m0/s1. The zero-order chi connectivity index (χ0) is 23.3. The molecule has 4 aliphatic carbocycles. The van der Waals surface area contributed by atoms with Gasteiger partial charge in [0.1, 0.15) is 29.2 Å². The van der Waals surface area contributed by atoms with Gasteiger partial charge in [-0.1, -0.05) is 13.8 Å². The molecule has 32 heavy (non-hydrogen) atoms. The molecule has 5 fully saturated rings. The number of rotatable bonds is 3. The Kier molecular flexibility index (Phi) is 4.73. The third-order valence-corrected chi connectivity index (χ3v) is 10.3. The van der Waals surface area contributed by atoms with Crippen molar-refractivity contribution in [2.45, 2.75) is 109 Å². The van der Waals surface area contributed by atoms with Crippen molar-refractivity contribution in [2.75, 3.05) is 0 Å². The molecule has 7 heteroatoms. The van der Waals surface area contributed by atoms with Crippen molar-refractivity contribution >= 4 is 17.7 Å². The number of aliphatic hydroxyl groups is 1. The predicted molar refractivity (Wildman–Crippen MR) is 113 cm³/mol. The van der Waals surface area contributed by atoms with Crippen LogP contribution in [0.5, 0.6) is 0 Å². The molecule has 10 atom stereocenters. The topological polar surface area (TPSA) is 102 Å². The third-order valence-electron chi connectivity index (χ3n) is 10.3. The van der Waals surface area contributed by atoms with Crippen molar-refractivity contribution in [3.05, 3.63) is 0 Å². The molecule has 1 aliphatic heterocycles. The average Bonchev–Trinajstić information content (AvgIpc) is 3.23. The van der Waals surface area contributed by atoms with E-state index in [1.54, 1.807) is 6.92 Å². The second-order valence-electron chi connectivity index (χ2n) is 11.6. The molecule has 4 saturated carbocycles. The summed E-state index contributed by atoms with van der Waals surface area (Å²) in [5.41, 5.74) is -2.01. The smallest absolute Gasteiger partial charge is 0.303 e. The Morgan fingerprint density at radius 1 is 0.938 bits per heavy atom. The molecule has 6 unspecified atom stereocenters. The number of carbonyl (C=O) groups is 3. The Morgan fingerprint density at radius 2 is 1.62 bits per heavy atom. The fourth-order valence-corrected chi connectivity index (χ4v) is 9.11. The molecule has 0 bridgehead atoms. The van der Waals surface area contributed by atoms with E-state index in [0.717, 1.165) is 32.1 Å². The van der Waals surface area contributed by atoms with Gasteiger partial charge in [-0.2, -0.15) is 0 Å². The number of epoxide rings is 1. The van der Waals surface area contributed by atoms with Crippen LogP contribution >= 0.6 is 0 Å². The van der Waals surface area contributed by atoms with Crippen LogP contribution in [0, 0.1) is 28.6 Å². The summed E-state index contributed by atoms with van der Waals surface area (Å²) >= 11 is 0. The molecule has 0 aromatic rings. The Bertz CT molecular complexity index is 870. The van der Waals surface area contributed by atoms with Crippen LogP contribution in [-0.4, -0.2) is 52.3 Å². The molecule has 5 aliphatic rings. The number of ketones is 1. The van der Waals surface area contributed by atoms with Crippen molar-refractivity contribution in [3.8, 4) is 0 Å². The van der Waals surface area contributed by atoms with Gasteiger partial charge in [-0.3, -0.25) is 14.4 Å². The molecule has 5 rings (SSSR count). The summed E-state index contributed by atoms with van der Waals surface area (Å²) in [5.74, 6) is -0.973. The number of Topliss-reactive ketones (excluding diaryl/α,β-unsaturated/α-hetero) is 1. The number of esters is 2. The number of aliphatic hydroxyl groups excluding tert-OH is 1. The predicted octanol–water partition coefficient (Wildman–Crippen LogP) is 2.95. The Morgan fingerprint density at radius 3 is 2.25 bits per heavy atom. The third kappa shape index (κ3) is 2.53. The van der Waals surface area contributed by atoms with E-state index in [-0.39, 0.29) is 35.1 Å². The van der Waals surface area contributed by atoms with Crippen LogP contribution in [0.25, 0.3) is 0 Å². The number of hydrogen-bond donors (Lipinski definition) is 1. The highest BCUT2D eigenvalue weighted by molar-refractivity contribution is 5.81. The van der Waals surface area contributed by atoms with Crippen molar-refractivity contribution < 1.29 is 33.7 Å². The van der Waals surface area contributed by atoms with Crippen LogP contribution < -0.4 is 0 Å². The lowest BCUT2D eigenvalue weighted by molar-refractivity contribution is -0.224. The Labute approximate surface area is 189 Å². The summed E-state index contributed by atoms with van der Waals surface area (Å²) in [6.45, 7) is 8.62. The highest BCUT2D eigenvalue weighted by atomic mass is 16.7. The van der Waals surface area contributed by atoms with E-state index >= 15 is 0 Å². The van der Waals surface area contributed by atoms with Gasteiger partial charge in [0.25, 0.3) is 0 Å². The van der Waals surface area contributed by atoms with E-state index in [1.807, 2.05) is 6.92 Å². The lowest BCUT2D eigenvalue weighted by atomic mass is 9.43. The van der Waals surface area contributed by atoms with E-state index in [4.69, 9.17) is 14.2 Å². The Hall–Kier alpha value is -1.47. The summed E-state index contributed by atoms with van der Waals surface area (Å²) in [7, 11) is 0. The normalized spacial score (nSPS) is 53.2. The molecule has 178 valence electrons. The van der Waals surface area contributed by atoms with Gasteiger partial charge < -0.3 is 19.3 Å². The molecule has 0 amide bonds. The molecule has 1 heterocycles. The first-order valence-corrected chi connectivity index (χ1v) is 12.2. The fraction of sp³-hybridized carbons (Fsp3) is 0.880. The average molecular weight is 449 g/mol. The maximum absolute atomic E-state index is 12.8. The van der Waals surface area contributed by atoms with Crippen LogP contribution in [0.15, 0.2) is 0 Å². The first kappa shape index (κ1) is 22.3. The van der Waals surface area contributed by atoms with Crippen LogP contribution in [0.3, 0.4) is 0 Å². The van der Waals surface area contributed by atoms with Gasteiger partial charge in [0.15, 0.2) is 0 Å². The summed E-state index contributed by atoms with van der Waals surface area (Å²) in [4.78, 5) is 37.4. The van der Waals surface area contributed by atoms with Gasteiger partial charge in [-0.05, 0) is 63.2 Å². The molecule has 0 aromatic heterocycles. The zero-order valence-corrected chi connectivity index (χ0v) is 19.8. The second-order valence-corrected chi connectivity index (χ2v) is 11.6. The van der Waals surface area contributed by atoms with Gasteiger partial charge in [0, 0.05) is 31.1 Å². The SMILES string of the molecule is CC(=O)OC1C(OC(C)=O)[C@]2(C)C(C(C)=O)CC[C@@]23O[C@]32CCC3CC(O)CC[C@]3(C)C12. The summed E-state index contributed by atoms with van der Waals surface area (Å²) in [6.07, 6.45) is 3.69. The molecule has 0 radical (unpaired) electrons. The second kappa shape index (κ2) is 6.78. The van der Waals surface area contributed by atoms with Crippen molar-refractivity contribution in [2.24, 2.45) is 28.6 Å². The quantitative estimate of drug-likeness (QED) is 0.523. The minimum atomic E-state index is -0.751. The lowest BCUT2D eigenvalue weighted by Crippen LogP contribution is -2.70. The monoisotopic (exact) mass is 448 g/mol. The summed E-state index contributed by atoms with van der Waals surface area (Å²) in [6, 6.07) is 0. The van der Waals surface area contributed by atoms with Gasteiger partial charge in [0.2, 0.25) is 0 Å². The largest absolute Gasteiger partial charge is 0.458 e. The molecule has 7 nitrogen and oxygen atoms in total. The maximum Gasteiger partial charge on any atom is 0.303 e. The summed E-state index contributed by atoms with van der Waals surface area (Å²) in [5, 5.41) is 10.4. The van der Waals surface area contributed by atoms with Crippen LogP contribution in [-0.2, 0) is 28.6 Å². The van der Waals surface area contributed by atoms with Gasteiger partial charge >= 0.3 is 11.9 Å². The first-order chi connectivity index (χ1) is 14.9. The highest BCUT2D eigenvalue weighted by Gasteiger charge is 2.91. The van der Waals surface area contributed by atoms with E-state index in [9.17, 15) is 19.5 Å². The van der Waals surface area contributed by atoms with E-state index < -0.39 is 40.8 Å². The molecule has 0 aromatic carbocycles. The summed E-state index contributed by atoms with van der Waals surface area (Å²) < 4.78 is 18.9. The minimum Gasteiger partial charge on any atom is -0.458 e. The maximum atomic E-state index is 12.8. The van der Waals surface area contributed by atoms with E-state index in [1.165, 1.54) is 13.8 Å². The van der Waals surface area contributed by atoms with Crippen molar-refractivity contribution in [1.82, 2.24) is 0 Å². The van der Waals surface area contributed by atoms with Crippen LogP contribution in [0.4, 0.5) is 0 Å². The molecule has 2 spiro atoms. The lowest BCUT2D eigenvalue weighted by Gasteiger charge is -2.61. The molecular weight excluding hydrogens is 412 g/mol. The minimum absolute atomic E-state index is 0.0629. The van der Waals surface area contributed by atoms with Gasteiger partial charge in [0.05, 0.1) is 6.10 Å². The van der Waals surface area contributed by atoms with Gasteiger partial charge in [-0.15, -0.1) is 0 Å². The zero-order valence-electron chi connectivity index (χ0n) is 19.8. The van der Waals surface area contributed by atoms with Crippen LogP contribution in [0.1, 0.15) is 79.6 Å². The van der Waals surface area contributed by atoms with Crippen molar-refractivity contribution in [3.63, 3.8) is 0 Å². The number of carbonyl (C=O) groups excluding carboxylic acids is 3. The van der Waals surface area contributed by atoms with E-state index in [0.29, 0.717) is 12.8 Å². The Balaban J connectivity index is 1.69. The number of ether oxygens (including phenoxy) is 3. The molecule has 1 N–H and O–H groups in total. The van der Waals surface area contributed by atoms with Crippen LogP contribution in [0.2, 0.25) is 0 Å². The fourth-order valence-electron chi connectivity index (χ4n) is 9.11. The van der Waals surface area contributed by atoms with Crippen molar-refractivity contribution in [1.29, 1.82) is 0 Å². The van der Waals surface area contributed by atoms with Gasteiger partial charge in [-0.25, -0.2) is 0 Å². The molecular formula is C25H36O7. The highest BCUT2D eigenvalue weighted by Crippen LogP contribution is 2.81. The van der Waals surface area contributed by atoms with E-state index in [2.05, 4.69) is 6.92 Å². The molecule has 1 saturated heterocycles.